The molecule has 2 aromatic rings. The van der Waals surface area contributed by atoms with Crippen molar-refractivity contribution in [1.82, 2.24) is 9.55 Å². The smallest absolute Gasteiger partial charge is 0.270 e. The molecular weight excluding hydrogens is 300 g/mol. The SMILES string of the molecule is NCCc1nccn1-c1ccc([N+](=O)[O-])cc1Br. The molecule has 6 nitrogen and oxygen atoms in total. The zero-order chi connectivity index (χ0) is 13.1. The van der Waals surface area contributed by atoms with Crippen molar-refractivity contribution < 1.29 is 4.92 Å². The van der Waals surface area contributed by atoms with E-state index in [4.69, 9.17) is 5.73 Å². The summed E-state index contributed by atoms with van der Waals surface area (Å²) in [5.41, 5.74) is 6.37. The monoisotopic (exact) mass is 310 g/mol. The fourth-order valence-electron chi connectivity index (χ4n) is 1.67. The van der Waals surface area contributed by atoms with Gasteiger partial charge in [0.15, 0.2) is 0 Å². The zero-order valence-electron chi connectivity index (χ0n) is 9.41. The Morgan fingerprint density at radius 1 is 1.50 bits per heavy atom. The Hall–Kier alpha value is -1.73. The summed E-state index contributed by atoms with van der Waals surface area (Å²) in [7, 11) is 0. The third-order valence-electron chi connectivity index (χ3n) is 2.49. The van der Waals surface area contributed by atoms with Crippen LogP contribution in [0.5, 0.6) is 0 Å². The van der Waals surface area contributed by atoms with Gasteiger partial charge in [0.05, 0.1) is 10.6 Å². The molecule has 0 aliphatic heterocycles. The van der Waals surface area contributed by atoms with Gasteiger partial charge in [0.25, 0.3) is 5.69 Å². The Bertz CT molecular complexity index is 582. The van der Waals surface area contributed by atoms with Crippen LogP contribution in [0, 0.1) is 10.1 Å². The zero-order valence-corrected chi connectivity index (χ0v) is 11.0. The number of nitro benzene ring substituents is 1. The average molecular weight is 311 g/mol. The van der Waals surface area contributed by atoms with Crippen LogP contribution < -0.4 is 5.73 Å². The van der Waals surface area contributed by atoms with E-state index in [0.29, 0.717) is 17.4 Å². The van der Waals surface area contributed by atoms with E-state index in [1.807, 2.05) is 4.57 Å². The average Bonchev–Trinajstić information content (AvgIpc) is 2.77. The lowest BCUT2D eigenvalue weighted by Gasteiger charge is -2.09. The number of non-ortho nitro benzene ring substituents is 1. The lowest BCUT2D eigenvalue weighted by molar-refractivity contribution is -0.384. The molecule has 7 heteroatoms. The van der Waals surface area contributed by atoms with Gasteiger partial charge in [-0.2, -0.15) is 0 Å². The number of hydrogen-bond donors (Lipinski definition) is 1. The molecule has 0 radical (unpaired) electrons. The van der Waals surface area contributed by atoms with Gasteiger partial charge in [-0.3, -0.25) is 10.1 Å². The van der Waals surface area contributed by atoms with Crippen LogP contribution in [0.15, 0.2) is 35.1 Å². The number of nitrogens with zero attached hydrogens (tertiary/aromatic N) is 3. The normalized spacial score (nSPS) is 10.6. The summed E-state index contributed by atoms with van der Waals surface area (Å²) in [5, 5.41) is 10.7. The van der Waals surface area contributed by atoms with E-state index in [-0.39, 0.29) is 5.69 Å². The quantitative estimate of drug-likeness (QED) is 0.691. The van der Waals surface area contributed by atoms with E-state index >= 15 is 0 Å². The van der Waals surface area contributed by atoms with Crippen molar-refractivity contribution in [1.29, 1.82) is 0 Å². The molecule has 1 aromatic heterocycles. The molecule has 0 bridgehead atoms. The number of imidazole rings is 1. The first-order valence-corrected chi connectivity index (χ1v) is 6.09. The van der Waals surface area contributed by atoms with Gasteiger partial charge < -0.3 is 10.3 Å². The first-order valence-electron chi connectivity index (χ1n) is 5.30. The van der Waals surface area contributed by atoms with Crippen molar-refractivity contribution in [2.45, 2.75) is 6.42 Å². The molecule has 18 heavy (non-hydrogen) atoms. The summed E-state index contributed by atoms with van der Waals surface area (Å²) >= 11 is 3.34. The van der Waals surface area contributed by atoms with Gasteiger partial charge in [-0.15, -0.1) is 0 Å². The second kappa shape index (κ2) is 5.28. The van der Waals surface area contributed by atoms with Crippen molar-refractivity contribution in [3.05, 3.63) is 51.0 Å². The second-order valence-electron chi connectivity index (χ2n) is 3.64. The molecule has 0 aliphatic carbocycles. The summed E-state index contributed by atoms with van der Waals surface area (Å²) in [6.07, 6.45) is 4.13. The fourth-order valence-corrected chi connectivity index (χ4v) is 2.23. The van der Waals surface area contributed by atoms with Crippen LogP contribution in [0.4, 0.5) is 5.69 Å². The number of rotatable bonds is 4. The molecule has 2 N–H and O–H groups in total. The Morgan fingerprint density at radius 3 is 2.89 bits per heavy atom. The molecule has 0 atom stereocenters. The number of hydrogen-bond acceptors (Lipinski definition) is 4. The van der Waals surface area contributed by atoms with Gasteiger partial charge in [0, 0.05) is 35.4 Å². The van der Waals surface area contributed by atoms with Crippen LogP contribution in [0.25, 0.3) is 5.69 Å². The maximum absolute atomic E-state index is 10.7. The van der Waals surface area contributed by atoms with Crippen LogP contribution in [-0.4, -0.2) is 21.0 Å². The van der Waals surface area contributed by atoms with E-state index in [0.717, 1.165) is 11.5 Å². The first-order chi connectivity index (χ1) is 8.63. The molecule has 1 aromatic carbocycles. The number of aromatic nitrogens is 2. The predicted molar refractivity (Wildman–Crippen MR) is 70.7 cm³/mol. The first kappa shape index (κ1) is 12.7. The fraction of sp³-hybridized carbons (Fsp3) is 0.182. The Morgan fingerprint density at radius 2 is 2.28 bits per heavy atom. The van der Waals surface area contributed by atoms with E-state index in [1.165, 1.54) is 12.1 Å². The second-order valence-corrected chi connectivity index (χ2v) is 4.50. The molecule has 1 heterocycles. The summed E-state index contributed by atoms with van der Waals surface area (Å²) < 4.78 is 2.51. The standard InChI is InChI=1S/C11H11BrN4O2/c12-9-7-8(16(17)18)1-2-10(9)15-6-5-14-11(15)3-4-13/h1-2,5-7H,3-4,13H2. The third kappa shape index (κ3) is 2.41. The predicted octanol–water partition coefficient (Wildman–Crippen LogP) is 2.04. The highest BCUT2D eigenvalue weighted by Crippen LogP contribution is 2.26. The Balaban J connectivity index is 2.44. The molecule has 2 rings (SSSR count). The Kier molecular flexibility index (Phi) is 3.73. The van der Waals surface area contributed by atoms with Gasteiger partial charge in [0.2, 0.25) is 0 Å². The minimum atomic E-state index is -0.427. The summed E-state index contributed by atoms with van der Waals surface area (Å²) in [6, 6.07) is 4.62. The summed E-state index contributed by atoms with van der Waals surface area (Å²) in [4.78, 5) is 14.5. The number of benzene rings is 1. The van der Waals surface area contributed by atoms with E-state index in [9.17, 15) is 10.1 Å². The molecule has 0 saturated carbocycles. The van der Waals surface area contributed by atoms with Gasteiger partial charge in [-0.25, -0.2) is 4.98 Å². The molecular formula is C11H11BrN4O2. The highest BCUT2D eigenvalue weighted by atomic mass is 79.9. The van der Waals surface area contributed by atoms with Crippen LogP contribution >= 0.6 is 15.9 Å². The topological polar surface area (TPSA) is 87.0 Å². The van der Waals surface area contributed by atoms with Crippen LogP contribution in [0.3, 0.4) is 0 Å². The molecule has 94 valence electrons. The lowest BCUT2D eigenvalue weighted by atomic mass is 10.2. The molecule has 0 amide bonds. The molecule has 0 fully saturated rings. The van der Waals surface area contributed by atoms with Crippen molar-refractivity contribution in [3.8, 4) is 5.69 Å². The molecule has 0 saturated heterocycles. The van der Waals surface area contributed by atoms with Crippen LogP contribution in [-0.2, 0) is 6.42 Å². The van der Waals surface area contributed by atoms with E-state index < -0.39 is 4.92 Å². The molecule has 0 aliphatic rings. The maximum Gasteiger partial charge on any atom is 0.270 e. The van der Waals surface area contributed by atoms with Gasteiger partial charge in [0.1, 0.15) is 5.82 Å². The van der Waals surface area contributed by atoms with Crippen LogP contribution in [0.1, 0.15) is 5.82 Å². The van der Waals surface area contributed by atoms with Crippen LogP contribution in [0.2, 0.25) is 0 Å². The highest BCUT2D eigenvalue weighted by molar-refractivity contribution is 9.10. The van der Waals surface area contributed by atoms with Gasteiger partial charge >= 0.3 is 0 Å². The number of nitrogens with two attached hydrogens (primary N) is 1. The summed E-state index contributed by atoms with van der Waals surface area (Å²) in [5.74, 6) is 0.826. The van der Waals surface area contributed by atoms with Gasteiger partial charge in [-0.1, -0.05) is 0 Å². The lowest BCUT2D eigenvalue weighted by Crippen LogP contribution is -2.09. The third-order valence-corrected chi connectivity index (χ3v) is 3.12. The summed E-state index contributed by atoms with van der Waals surface area (Å²) in [6.45, 7) is 0.502. The highest BCUT2D eigenvalue weighted by Gasteiger charge is 2.12. The molecule has 0 unspecified atom stereocenters. The minimum Gasteiger partial charge on any atom is -0.330 e. The minimum absolute atomic E-state index is 0.0473. The van der Waals surface area contributed by atoms with E-state index in [1.54, 1.807) is 18.5 Å². The van der Waals surface area contributed by atoms with E-state index in [2.05, 4.69) is 20.9 Å². The largest absolute Gasteiger partial charge is 0.330 e. The van der Waals surface area contributed by atoms with Crippen molar-refractivity contribution in [2.24, 2.45) is 5.73 Å². The molecule has 0 spiro atoms. The number of halogens is 1. The van der Waals surface area contributed by atoms with Gasteiger partial charge in [-0.05, 0) is 28.5 Å². The van der Waals surface area contributed by atoms with Crippen molar-refractivity contribution >= 4 is 21.6 Å². The maximum atomic E-state index is 10.7. The van der Waals surface area contributed by atoms with Crippen molar-refractivity contribution in [3.63, 3.8) is 0 Å². The Labute approximate surface area is 112 Å². The number of nitro groups is 1. The van der Waals surface area contributed by atoms with Crippen molar-refractivity contribution in [2.75, 3.05) is 6.54 Å².